The van der Waals surface area contributed by atoms with Crippen molar-refractivity contribution in [3.8, 4) is 5.75 Å². The first kappa shape index (κ1) is 18.1. The van der Waals surface area contributed by atoms with Gasteiger partial charge in [-0.05, 0) is 31.4 Å². The smallest absolute Gasteiger partial charge is 0.225 e. The van der Waals surface area contributed by atoms with Crippen LogP contribution in [0.25, 0.3) is 0 Å². The highest BCUT2D eigenvalue weighted by Gasteiger charge is 2.29. The Morgan fingerprint density at radius 1 is 1.43 bits per heavy atom. The molecule has 1 aromatic rings. The number of hydrogen-bond donors (Lipinski definition) is 1. The van der Waals surface area contributed by atoms with Crippen LogP contribution >= 0.6 is 24.0 Å². The molecule has 6 heteroatoms. The molecule has 1 saturated carbocycles. The van der Waals surface area contributed by atoms with Gasteiger partial charge in [-0.1, -0.05) is 23.7 Å². The number of amides is 1. The average molecular weight is 333 g/mol. The summed E-state index contributed by atoms with van der Waals surface area (Å²) in [4.78, 5) is 13.9. The van der Waals surface area contributed by atoms with Gasteiger partial charge in [0.2, 0.25) is 5.91 Å². The largest absolute Gasteiger partial charge is 0.490 e. The van der Waals surface area contributed by atoms with Crippen LogP contribution in [-0.4, -0.2) is 37.0 Å². The quantitative estimate of drug-likeness (QED) is 0.901. The number of benzene rings is 1. The molecule has 4 nitrogen and oxygen atoms in total. The number of carbonyl (C=O) groups excluding carboxylic acids is 1. The van der Waals surface area contributed by atoms with Crippen molar-refractivity contribution in [1.29, 1.82) is 0 Å². The molecule has 0 radical (unpaired) electrons. The zero-order valence-electron chi connectivity index (χ0n) is 12.1. The van der Waals surface area contributed by atoms with Gasteiger partial charge < -0.3 is 15.4 Å². The summed E-state index contributed by atoms with van der Waals surface area (Å²) >= 11 is 6.00. The molecule has 21 heavy (non-hydrogen) atoms. The fourth-order valence-corrected chi connectivity index (χ4v) is 2.71. The van der Waals surface area contributed by atoms with Crippen molar-refractivity contribution < 1.29 is 9.53 Å². The minimum atomic E-state index is 0. The molecule has 0 saturated heterocycles. The Balaban J connectivity index is 0.00000220. The maximum atomic E-state index is 12.2. The van der Waals surface area contributed by atoms with Gasteiger partial charge in [-0.2, -0.15) is 0 Å². The fourth-order valence-electron chi connectivity index (χ4n) is 2.52. The number of para-hydroxylation sites is 1. The Hall–Kier alpha value is -0.970. The van der Waals surface area contributed by atoms with Crippen LogP contribution in [0.3, 0.4) is 0 Å². The van der Waals surface area contributed by atoms with E-state index in [1.165, 1.54) is 0 Å². The molecule has 0 heterocycles. The molecule has 0 aliphatic heterocycles. The summed E-state index contributed by atoms with van der Waals surface area (Å²) in [5.74, 6) is 0.897. The van der Waals surface area contributed by atoms with E-state index in [1.807, 2.05) is 25.2 Å². The molecule has 1 aromatic carbocycles. The van der Waals surface area contributed by atoms with Crippen molar-refractivity contribution in [2.75, 3.05) is 20.2 Å². The number of halogens is 2. The van der Waals surface area contributed by atoms with Crippen LogP contribution in [0.2, 0.25) is 5.02 Å². The number of hydrogen-bond acceptors (Lipinski definition) is 3. The maximum absolute atomic E-state index is 12.2. The molecule has 118 valence electrons. The van der Waals surface area contributed by atoms with E-state index in [0.29, 0.717) is 23.9 Å². The molecular weight excluding hydrogens is 311 g/mol. The first-order valence-corrected chi connectivity index (χ1v) is 7.33. The second-order valence-corrected chi connectivity index (χ2v) is 5.72. The highest BCUT2D eigenvalue weighted by Crippen LogP contribution is 2.26. The Labute approximate surface area is 137 Å². The van der Waals surface area contributed by atoms with Gasteiger partial charge in [-0.3, -0.25) is 4.79 Å². The van der Waals surface area contributed by atoms with Crippen molar-refractivity contribution >= 4 is 29.9 Å². The third-order valence-corrected chi connectivity index (χ3v) is 4.03. The van der Waals surface area contributed by atoms with Crippen molar-refractivity contribution in [3.63, 3.8) is 0 Å². The number of carbonyl (C=O) groups is 1. The molecule has 2 N–H and O–H groups in total. The first-order chi connectivity index (χ1) is 9.58. The third kappa shape index (κ3) is 5.06. The molecule has 1 fully saturated rings. The fraction of sp³-hybridized carbons (Fsp3) is 0.533. The van der Waals surface area contributed by atoms with E-state index in [4.69, 9.17) is 22.1 Å². The molecule has 1 amide bonds. The van der Waals surface area contributed by atoms with E-state index in [-0.39, 0.29) is 30.3 Å². The number of nitrogens with zero attached hydrogens (tertiary/aromatic N) is 1. The van der Waals surface area contributed by atoms with Gasteiger partial charge in [0.1, 0.15) is 12.4 Å². The van der Waals surface area contributed by atoms with Crippen LogP contribution in [0.1, 0.15) is 19.3 Å². The lowest BCUT2D eigenvalue weighted by atomic mass is 10.1. The molecule has 2 unspecified atom stereocenters. The Kier molecular flexibility index (Phi) is 7.29. The van der Waals surface area contributed by atoms with Crippen molar-refractivity contribution in [2.45, 2.75) is 25.3 Å². The van der Waals surface area contributed by atoms with Gasteiger partial charge >= 0.3 is 0 Å². The lowest BCUT2D eigenvalue weighted by Gasteiger charge is -2.21. The van der Waals surface area contributed by atoms with E-state index in [2.05, 4.69) is 0 Å². The molecule has 0 aromatic heterocycles. The van der Waals surface area contributed by atoms with E-state index >= 15 is 0 Å². The average Bonchev–Trinajstić information content (AvgIpc) is 2.86. The van der Waals surface area contributed by atoms with E-state index in [1.54, 1.807) is 11.0 Å². The van der Waals surface area contributed by atoms with E-state index < -0.39 is 0 Å². The molecule has 0 bridgehead atoms. The maximum Gasteiger partial charge on any atom is 0.225 e. The summed E-state index contributed by atoms with van der Waals surface area (Å²) in [5.41, 5.74) is 5.85. The first-order valence-electron chi connectivity index (χ1n) is 6.96. The molecule has 1 aliphatic rings. The number of nitrogens with two attached hydrogens (primary N) is 1. The third-order valence-electron chi connectivity index (χ3n) is 3.72. The van der Waals surface area contributed by atoms with Crippen molar-refractivity contribution in [1.82, 2.24) is 4.90 Å². The normalized spacial score (nSPS) is 20.7. The van der Waals surface area contributed by atoms with Crippen LogP contribution < -0.4 is 10.5 Å². The number of ether oxygens (including phenoxy) is 1. The summed E-state index contributed by atoms with van der Waals surface area (Å²) < 4.78 is 5.59. The summed E-state index contributed by atoms with van der Waals surface area (Å²) in [6, 6.07) is 7.51. The van der Waals surface area contributed by atoms with Crippen LogP contribution in [0.5, 0.6) is 5.75 Å². The predicted octanol–water partition coefficient (Wildman–Crippen LogP) is 2.73. The van der Waals surface area contributed by atoms with Crippen LogP contribution in [0.4, 0.5) is 0 Å². The summed E-state index contributed by atoms with van der Waals surface area (Å²) in [6.07, 6.45) is 2.64. The summed E-state index contributed by atoms with van der Waals surface area (Å²) in [6.45, 7) is 0.987. The predicted molar refractivity (Wildman–Crippen MR) is 87.1 cm³/mol. The van der Waals surface area contributed by atoms with Gasteiger partial charge in [0.05, 0.1) is 11.6 Å². The highest BCUT2D eigenvalue weighted by molar-refractivity contribution is 6.32. The molecule has 0 spiro atoms. The van der Waals surface area contributed by atoms with E-state index in [0.717, 1.165) is 19.3 Å². The van der Waals surface area contributed by atoms with Gasteiger partial charge in [0.15, 0.2) is 0 Å². The van der Waals surface area contributed by atoms with Crippen molar-refractivity contribution in [2.24, 2.45) is 11.7 Å². The lowest BCUT2D eigenvalue weighted by Crippen LogP contribution is -2.35. The summed E-state index contributed by atoms with van der Waals surface area (Å²) in [7, 11) is 1.81. The van der Waals surface area contributed by atoms with Crippen LogP contribution in [-0.2, 0) is 4.79 Å². The monoisotopic (exact) mass is 332 g/mol. The van der Waals surface area contributed by atoms with Gasteiger partial charge in [0, 0.05) is 19.0 Å². The molecule has 2 atom stereocenters. The van der Waals surface area contributed by atoms with Gasteiger partial charge in [0.25, 0.3) is 0 Å². The molecule has 2 rings (SSSR count). The minimum Gasteiger partial charge on any atom is -0.490 e. The number of likely N-dealkylation sites (N-methyl/N-ethyl adjacent to an activating group) is 1. The minimum absolute atomic E-state index is 0. The van der Waals surface area contributed by atoms with Crippen molar-refractivity contribution in [3.05, 3.63) is 29.3 Å². The standard InChI is InChI=1S/C15H21ClN2O2.ClH/c1-18(15(19)11-6-7-12(17)10-11)8-9-20-14-5-3-2-4-13(14)16;/h2-5,11-12H,6-10,17H2,1H3;1H. The van der Waals surface area contributed by atoms with Gasteiger partial charge in [-0.15, -0.1) is 12.4 Å². The zero-order chi connectivity index (χ0) is 14.5. The second-order valence-electron chi connectivity index (χ2n) is 5.31. The number of rotatable bonds is 5. The zero-order valence-corrected chi connectivity index (χ0v) is 13.7. The second kappa shape index (κ2) is 8.47. The van der Waals surface area contributed by atoms with Gasteiger partial charge in [-0.25, -0.2) is 0 Å². The Morgan fingerprint density at radius 2 is 2.14 bits per heavy atom. The summed E-state index contributed by atoms with van der Waals surface area (Å²) in [5, 5.41) is 0.586. The lowest BCUT2D eigenvalue weighted by molar-refractivity contribution is -0.134. The molecule has 1 aliphatic carbocycles. The Morgan fingerprint density at radius 3 is 2.76 bits per heavy atom. The highest BCUT2D eigenvalue weighted by atomic mass is 35.5. The Bertz CT molecular complexity index is 471. The van der Waals surface area contributed by atoms with Crippen LogP contribution in [0, 0.1) is 5.92 Å². The SMILES string of the molecule is CN(CCOc1ccccc1Cl)C(=O)C1CCC(N)C1.Cl. The molecular formula is C15H22Cl2N2O2. The topological polar surface area (TPSA) is 55.6 Å². The van der Waals surface area contributed by atoms with Crippen LogP contribution in [0.15, 0.2) is 24.3 Å². The van der Waals surface area contributed by atoms with E-state index in [9.17, 15) is 4.79 Å².